The zero-order valence-corrected chi connectivity index (χ0v) is 26.8. The van der Waals surface area contributed by atoms with Crippen LogP contribution in [0, 0.1) is 0 Å². The van der Waals surface area contributed by atoms with Crippen LogP contribution in [0.1, 0.15) is 13.8 Å². The third-order valence-electron chi connectivity index (χ3n) is 5.71. The molecule has 8 N–H and O–H groups in total. The van der Waals surface area contributed by atoms with Gasteiger partial charge in [-0.25, -0.2) is 0 Å². The standard InChI is InChI=1S/C28H34N7O6P3/c1-3-36-44(37-4-2)33-42(40-27-17-9-23(31)10-18-27)34(38-25-13-5-21(29)6-14-25)43(41-28-19-11-24(32)12-20-28)35(44)39-26-15-7-22(30)8-16-26/h5-20H,3-4,29-32H2,1-2H3. The number of benzene rings is 4. The second kappa shape index (κ2) is 14.3. The van der Waals surface area contributed by atoms with Gasteiger partial charge in [-0.15, -0.1) is 0 Å². The fraction of sp³-hybridized carbons (Fsp3) is 0.143. The predicted octanol–water partition coefficient (Wildman–Crippen LogP) is 7.55. The van der Waals surface area contributed by atoms with Gasteiger partial charge in [-0.1, -0.05) is 0 Å². The maximum absolute atomic E-state index is 6.65. The van der Waals surface area contributed by atoms with Gasteiger partial charge in [-0.05, 0) is 111 Å². The van der Waals surface area contributed by atoms with Gasteiger partial charge < -0.3 is 50.7 Å². The first kappa shape index (κ1) is 31.6. The second-order valence-electron chi connectivity index (χ2n) is 9.07. The molecule has 232 valence electrons. The van der Waals surface area contributed by atoms with Gasteiger partial charge >= 0.3 is 24.6 Å². The summed E-state index contributed by atoms with van der Waals surface area (Å²) in [6, 6.07) is 27.7. The number of anilines is 4. The fourth-order valence-corrected chi connectivity index (χ4v) is 11.4. The Labute approximate surface area is 258 Å². The molecule has 0 amide bonds. The molecule has 0 saturated heterocycles. The van der Waals surface area contributed by atoms with E-state index in [2.05, 4.69) is 0 Å². The van der Waals surface area contributed by atoms with E-state index in [-0.39, 0.29) is 13.2 Å². The van der Waals surface area contributed by atoms with Crippen molar-refractivity contribution in [2.24, 2.45) is 4.52 Å². The third-order valence-corrected chi connectivity index (χ3v) is 12.9. The molecule has 1 aliphatic rings. The van der Waals surface area contributed by atoms with Crippen molar-refractivity contribution >= 4 is 47.3 Å². The Hall–Kier alpha value is -3.79. The number of hydrogen-bond donors (Lipinski definition) is 4. The van der Waals surface area contributed by atoms with Crippen molar-refractivity contribution in [3.63, 3.8) is 0 Å². The van der Waals surface area contributed by atoms with Crippen LogP contribution in [0.4, 0.5) is 22.7 Å². The minimum absolute atomic E-state index is 0.258. The zero-order valence-electron chi connectivity index (χ0n) is 24.1. The average molecular weight is 658 g/mol. The molecule has 5 rings (SSSR count). The van der Waals surface area contributed by atoms with Crippen molar-refractivity contribution in [2.75, 3.05) is 36.1 Å². The molecule has 0 bridgehead atoms. The highest BCUT2D eigenvalue weighted by molar-refractivity contribution is 7.78. The fourth-order valence-electron chi connectivity index (χ4n) is 3.69. The van der Waals surface area contributed by atoms with Crippen LogP contribution in [0.5, 0.6) is 23.0 Å². The van der Waals surface area contributed by atoms with E-state index in [0.717, 1.165) is 0 Å². The quantitative estimate of drug-likeness (QED) is 0.0870. The highest BCUT2D eigenvalue weighted by atomic mass is 31.3. The molecule has 2 unspecified atom stereocenters. The van der Waals surface area contributed by atoms with E-state index < -0.39 is 24.6 Å². The van der Waals surface area contributed by atoms with E-state index in [1.165, 1.54) is 9.21 Å². The number of hydrogen-bond acceptors (Lipinski definition) is 13. The molecule has 0 saturated carbocycles. The van der Waals surface area contributed by atoms with Gasteiger partial charge in [-0.2, -0.15) is 4.52 Å². The summed E-state index contributed by atoms with van der Waals surface area (Å²) in [5.41, 5.74) is 26.1. The summed E-state index contributed by atoms with van der Waals surface area (Å²) in [4.78, 5) is 13.0. The van der Waals surface area contributed by atoms with Crippen LogP contribution in [0.25, 0.3) is 0 Å². The molecule has 1 aliphatic heterocycles. The lowest BCUT2D eigenvalue weighted by atomic mass is 10.3. The molecule has 0 aliphatic carbocycles. The van der Waals surface area contributed by atoms with Gasteiger partial charge in [-0.3, -0.25) is 0 Å². The van der Waals surface area contributed by atoms with E-state index in [1.807, 2.05) is 13.8 Å². The van der Waals surface area contributed by atoms with Gasteiger partial charge in [0.2, 0.25) is 0 Å². The first-order chi connectivity index (χ1) is 21.3. The number of nitrogen functional groups attached to an aromatic ring is 4. The van der Waals surface area contributed by atoms with Crippen molar-refractivity contribution in [3.8, 4) is 23.0 Å². The molecule has 13 nitrogen and oxygen atoms in total. The Morgan fingerprint density at radius 3 is 1.39 bits per heavy atom. The molecule has 16 heteroatoms. The van der Waals surface area contributed by atoms with Gasteiger partial charge in [0.15, 0.2) is 0 Å². The summed E-state index contributed by atoms with van der Waals surface area (Å²) < 4.78 is 33.9. The Kier molecular flexibility index (Phi) is 10.3. The molecule has 4 aromatic carbocycles. The Balaban J connectivity index is 1.68. The van der Waals surface area contributed by atoms with E-state index in [1.54, 1.807) is 97.1 Å². The average Bonchev–Trinajstić information content (AvgIpc) is 3.01. The van der Waals surface area contributed by atoms with Crippen LogP contribution >= 0.6 is 24.6 Å². The summed E-state index contributed by atoms with van der Waals surface area (Å²) in [5.74, 6) is 1.89. The second-order valence-corrected chi connectivity index (χ2v) is 14.7. The minimum atomic E-state index is -3.41. The maximum atomic E-state index is 6.65. The molecule has 0 radical (unpaired) electrons. The summed E-state index contributed by atoms with van der Waals surface area (Å²) in [6.07, 6.45) is 0. The van der Waals surface area contributed by atoms with Crippen LogP contribution in [0.3, 0.4) is 0 Å². The number of rotatable bonds is 12. The smallest absolute Gasteiger partial charge is 0.346 e. The van der Waals surface area contributed by atoms with Crippen molar-refractivity contribution in [1.29, 1.82) is 0 Å². The van der Waals surface area contributed by atoms with Crippen molar-refractivity contribution < 1.29 is 27.8 Å². The lowest BCUT2D eigenvalue weighted by molar-refractivity contribution is 0.0407. The van der Waals surface area contributed by atoms with Crippen LogP contribution in [0.2, 0.25) is 0 Å². The molecule has 4 aromatic rings. The first-order valence-electron chi connectivity index (χ1n) is 13.5. The summed E-state index contributed by atoms with van der Waals surface area (Å²) >= 11 is 0. The highest BCUT2D eigenvalue weighted by Crippen LogP contribution is 2.78. The normalized spacial score (nSPS) is 18.2. The van der Waals surface area contributed by atoms with Crippen molar-refractivity contribution in [2.45, 2.75) is 13.8 Å². The zero-order chi connectivity index (χ0) is 31.1. The third kappa shape index (κ3) is 7.64. The Morgan fingerprint density at radius 1 is 0.568 bits per heavy atom. The molecule has 0 spiro atoms. The van der Waals surface area contributed by atoms with E-state index in [4.69, 9.17) is 55.2 Å². The number of nitrogens with zero attached hydrogens (tertiary/aromatic N) is 3. The van der Waals surface area contributed by atoms with Crippen LogP contribution < -0.4 is 41.7 Å². The first-order valence-corrected chi connectivity index (χ1v) is 17.4. The number of nitrogens with two attached hydrogens (primary N) is 4. The lowest BCUT2D eigenvalue weighted by Gasteiger charge is -2.44. The Bertz CT molecular complexity index is 1560. The van der Waals surface area contributed by atoms with Crippen molar-refractivity contribution in [1.82, 2.24) is 9.21 Å². The van der Waals surface area contributed by atoms with Crippen LogP contribution in [-0.4, -0.2) is 22.4 Å². The molecule has 0 fully saturated rings. The molecular weight excluding hydrogens is 623 g/mol. The molecule has 2 atom stereocenters. The van der Waals surface area contributed by atoms with Gasteiger partial charge in [0.05, 0.1) is 13.2 Å². The van der Waals surface area contributed by atoms with Crippen molar-refractivity contribution in [3.05, 3.63) is 97.1 Å². The summed E-state index contributed by atoms with van der Waals surface area (Å²) in [7, 11) is -7.52. The predicted molar refractivity (Wildman–Crippen MR) is 176 cm³/mol. The molecular formula is C28H34N7O6P3. The van der Waals surface area contributed by atoms with E-state index >= 15 is 0 Å². The van der Waals surface area contributed by atoms with E-state index in [0.29, 0.717) is 45.7 Å². The summed E-state index contributed by atoms with van der Waals surface area (Å²) in [5, 5.41) is 0. The van der Waals surface area contributed by atoms with Gasteiger partial charge in [0.25, 0.3) is 0 Å². The molecule has 1 heterocycles. The van der Waals surface area contributed by atoms with E-state index in [9.17, 15) is 0 Å². The topological polar surface area (TPSA) is 178 Å². The van der Waals surface area contributed by atoms with Gasteiger partial charge in [0.1, 0.15) is 23.0 Å². The Morgan fingerprint density at radius 2 is 0.955 bits per heavy atom. The lowest BCUT2D eigenvalue weighted by Crippen LogP contribution is -2.35. The van der Waals surface area contributed by atoms with Crippen LogP contribution in [0.15, 0.2) is 102 Å². The largest absolute Gasteiger partial charge is 0.440 e. The van der Waals surface area contributed by atoms with Gasteiger partial charge in [0, 0.05) is 32.0 Å². The molecule has 0 aromatic heterocycles. The monoisotopic (exact) mass is 657 g/mol. The summed E-state index contributed by atoms with van der Waals surface area (Å²) in [6.45, 7) is 4.21. The molecule has 44 heavy (non-hydrogen) atoms. The maximum Gasteiger partial charge on any atom is 0.346 e. The SMILES string of the molecule is CCOP1(OCC)=NP(Oc2ccc(N)cc2)N(Oc2ccc(N)cc2)P(Oc2ccc(N)cc2)N1Oc1ccc(N)cc1. The minimum Gasteiger partial charge on any atom is -0.440 e. The highest BCUT2D eigenvalue weighted by Gasteiger charge is 2.55. The van der Waals surface area contributed by atoms with Crippen LogP contribution in [-0.2, 0) is 9.05 Å².